The maximum absolute atomic E-state index is 12.8. The lowest BCUT2D eigenvalue weighted by molar-refractivity contribution is 0.0949. The molecule has 0 bridgehead atoms. The molecular formula is C25H23N5O2. The number of anilines is 2. The minimum atomic E-state index is -0.468. The molecular weight excluding hydrogens is 402 g/mol. The van der Waals surface area contributed by atoms with Crippen LogP contribution in [0.3, 0.4) is 0 Å². The van der Waals surface area contributed by atoms with Gasteiger partial charge in [-0.3, -0.25) is 9.59 Å². The minimum Gasteiger partial charge on any atom is -0.356 e. The van der Waals surface area contributed by atoms with Crippen LogP contribution >= 0.6 is 0 Å². The summed E-state index contributed by atoms with van der Waals surface area (Å²) in [5.41, 5.74) is 5.28. The standard InChI is InChI=1S/C25H23N5O2/c1-2-16-30-25(32)22-11-7-6-10-21(22)23(29-30)24(31)28-26-17-18-12-14-20(15-13-18)27-19-8-4-3-5-9-19/h3-15,17,27H,2,16H2,1H3,(H,28,31)/b26-17+. The van der Waals surface area contributed by atoms with Crippen LogP contribution in [0.25, 0.3) is 10.8 Å². The molecule has 1 heterocycles. The lowest BCUT2D eigenvalue weighted by Gasteiger charge is -2.09. The Morgan fingerprint density at radius 3 is 2.31 bits per heavy atom. The van der Waals surface area contributed by atoms with Crippen molar-refractivity contribution in [1.82, 2.24) is 15.2 Å². The smallest absolute Gasteiger partial charge is 0.292 e. The van der Waals surface area contributed by atoms with Crippen molar-refractivity contribution >= 4 is 34.3 Å². The molecule has 1 aromatic heterocycles. The topological polar surface area (TPSA) is 88.4 Å². The van der Waals surface area contributed by atoms with Gasteiger partial charge in [-0.05, 0) is 42.3 Å². The first kappa shape index (κ1) is 21.0. The second-order valence-electron chi connectivity index (χ2n) is 7.23. The Morgan fingerprint density at radius 1 is 0.938 bits per heavy atom. The highest BCUT2D eigenvalue weighted by Crippen LogP contribution is 2.16. The number of para-hydroxylation sites is 1. The number of carbonyl (C=O) groups is 1. The van der Waals surface area contributed by atoms with Crippen molar-refractivity contribution in [3.05, 3.63) is 100 Å². The quantitative estimate of drug-likeness (QED) is 0.341. The summed E-state index contributed by atoms with van der Waals surface area (Å²) < 4.78 is 1.33. The molecule has 7 heteroatoms. The lowest BCUT2D eigenvalue weighted by Crippen LogP contribution is -2.29. The Morgan fingerprint density at radius 2 is 1.59 bits per heavy atom. The van der Waals surface area contributed by atoms with Gasteiger partial charge in [0.25, 0.3) is 11.5 Å². The number of hydrogen-bond acceptors (Lipinski definition) is 5. The van der Waals surface area contributed by atoms with Gasteiger partial charge in [0.05, 0.1) is 11.6 Å². The molecule has 160 valence electrons. The van der Waals surface area contributed by atoms with Crippen LogP contribution in [0.2, 0.25) is 0 Å². The van der Waals surface area contributed by atoms with Crippen molar-refractivity contribution in [2.24, 2.45) is 5.10 Å². The molecule has 1 amide bonds. The summed E-state index contributed by atoms with van der Waals surface area (Å²) in [7, 11) is 0. The highest BCUT2D eigenvalue weighted by molar-refractivity contribution is 6.05. The van der Waals surface area contributed by atoms with Crippen LogP contribution in [-0.4, -0.2) is 21.9 Å². The van der Waals surface area contributed by atoms with E-state index < -0.39 is 5.91 Å². The van der Waals surface area contributed by atoms with Gasteiger partial charge in [0.2, 0.25) is 0 Å². The lowest BCUT2D eigenvalue weighted by atomic mass is 10.1. The first-order chi connectivity index (χ1) is 15.7. The third-order valence-corrected chi connectivity index (χ3v) is 4.87. The van der Waals surface area contributed by atoms with E-state index in [1.165, 1.54) is 4.68 Å². The summed E-state index contributed by atoms with van der Waals surface area (Å²) in [5.74, 6) is -0.468. The molecule has 0 saturated carbocycles. The zero-order chi connectivity index (χ0) is 22.3. The second kappa shape index (κ2) is 9.70. The van der Waals surface area contributed by atoms with Crippen molar-refractivity contribution in [2.75, 3.05) is 5.32 Å². The van der Waals surface area contributed by atoms with Crippen LogP contribution in [0.1, 0.15) is 29.4 Å². The number of nitrogens with zero attached hydrogens (tertiary/aromatic N) is 3. The summed E-state index contributed by atoms with van der Waals surface area (Å²) in [5, 5.41) is 12.6. The van der Waals surface area contributed by atoms with E-state index in [1.54, 1.807) is 30.5 Å². The molecule has 0 spiro atoms. The van der Waals surface area contributed by atoms with Crippen LogP contribution in [0.5, 0.6) is 0 Å². The summed E-state index contributed by atoms with van der Waals surface area (Å²) >= 11 is 0. The van der Waals surface area contributed by atoms with Crippen molar-refractivity contribution in [3.63, 3.8) is 0 Å². The van der Waals surface area contributed by atoms with E-state index in [1.807, 2.05) is 61.5 Å². The molecule has 0 radical (unpaired) electrons. The van der Waals surface area contributed by atoms with Crippen LogP contribution < -0.4 is 16.3 Å². The Balaban J connectivity index is 1.48. The maximum Gasteiger partial charge on any atom is 0.292 e. The molecule has 0 aliphatic carbocycles. The number of fused-ring (bicyclic) bond motifs is 1. The number of aromatic nitrogens is 2. The molecule has 3 aromatic carbocycles. The van der Waals surface area contributed by atoms with Gasteiger partial charge in [0.15, 0.2) is 5.69 Å². The number of hydrazone groups is 1. The van der Waals surface area contributed by atoms with E-state index in [4.69, 9.17) is 0 Å². The fraction of sp³-hybridized carbons (Fsp3) is 0.120. The molecule has 7 nitrogen and oxygen atoms in total. The molecule has 0 fully saturated rings. The van der Waals surface area contributed by atoms with Gasteiger partial charge in [0.1, 0.15) is 0 Å². The number of carbonyl (C=O) groups excluding carboxylic acids is 1. The number of amides is 1. The predicted octanol–water partition coefficient (Wildman–Crippen LogP) is 4.31. The number of nitrogens with one attached hydrogen (secondary N) is 2. The second-order valence-corrected chi connectivity index (χ2v) is 7.23. The first-order valence-corrected chi connectivity index (χ1v) is 10.4. The van der Waals surface area contributed by atoms with E-state index >= 15 is 0 Å². The van der Waals surface area contributed by atoms with Gasteiger partial charge >= 0.3 is 0 Å². The number of benzene rings is 3. The van der Waals surface area contributed by atoms with Gasteiger partial charge in [-0.25, -0.2) is 10.1 Å². The van der Waals surface area contributed by atoms with Gasteiger partial charge in [0, 0.05) is 23.3 Å². The molecule has 32 heavy (non-hydrogen) atoms. The average molecular weight is 425 g/mol. The molecule has 2 N–H and O–H groups in total. The molecule has 0 aliphatic heterocycles. The third kappa shape index (κ3) is 4.73. The van der Waals surface area contributed by atoms with Gasteiger partial charge in [-0.15, -0.1) is 0 Å². The predicted molar refractivity (Wildman–Crippen MR) is 128 cm³/mol. The van der Waals surface area contributed by atoms with E-state index in [-0.39, 0.29) is 11.3 Å². The van der Waals surface area contributed by atoms with Gasteiger partial charge < -0.3 is 5.32 Å². The summed E-state index contributed by atoms with van der Waals surface area (Å²) in [6.45, 7) is 2.39. The fourth-order valence-corrected chi connectivity index (χ4v) is 3.33. The van der Waals surface area contributed by atoms with Crippen LogP contribution in [0.15, 0.2) is 88.8 Å². The summed E-state index contributed by atoms with van der Waals surface area (Å²) in [4.78, 5) is 25.3. The monoisotopic (exact) mass is 425 g/mol. The molecule has 0 atom stereocenters. The van der Waals surface area contributed by atoms with E-state index in [0.29, 0.717) is 17.3 Å². The Bertz CT molecular complexity index is 1310. The van der Waals surface area contributed by atoms with E-state index in [0.717, 1.165) is 23.4 Å². The van der Waals surface area contributed by atoms with Gasteiger partial charge in [-0.1, -0.05) is 55.5 Å². The molecule has 4 aromatic rings. The van der Waals surface area contributed by atoms with E-state index in [9.17, 15) is 9.59 Å². The van der Waals surface area contributed by atoms with Crippen molar-refractivity contribution < 1.29 is 4.79 Å². The zero-order valence-electron chi connectivity index (χ0n) is 17.7. The SMILES string of the molecule is CCCn1nc(C(=O)N/N=C/c2ccc(Nc3ccccc3)cc2)c2ccccc2c1=O. The average Bonchev–Trinajstić information content (AvgIpc) is 2.83. The van der Waals surface area contributed by atoms with Crippen LogP contribution in [0, 0.1) is 0 Å². The minimum absolute atomic E-state index is 0.174. The Kier molecular flexibility index (Phi) is 6.36. The number of rotatable bonds is 7. The van der Waals surface area contributed by atoms with Crippen molar-refractivity contribution in [3.8, 4) is 0 Å². The van der Waals surface area contributed by atoms with Crippen LogP contribution in [-0.2, 0) is 6.54 Å². The Hall–Kier alpha value is -4.26. The molecule has 4 rings (SSSR count). The number of aryl methyl sites for hydroxylation is 1. The Labute approximate surface area is 185 Å². The highest BCUT2D eigenvalue weighted by atomic mass is 16.2. The fourth-order valence-electron chi connectivity index (χ4n) is 3.33. The normalized spacial score (nSPS) is 11.0. The molecule has 0 aliphatic rings. The van der Waals surface area contributed by atoms with E-state index in [2.05, 4.69) is 20.9 Å². The van der Waals surface area contributed by atoms with Crippen molar-refractivity contribution in [2.45, 2.75) is 19.9 Å². The van der Waals surface area contributed by atoms with Gasteiger partial charge in [-0.2, -0.15) is 10.2 Å². The summed E-state index contributed by atoms with van der Waals surface area (Å²) in [6.07, 6.45) is 2.30. The highest BCUT2D eigenvalue weighted by Gasteiger charge is 2.15. The summed E-state index contributed by atoms with van der Waals surface area (Å²) in [6, 6.07) is 24.5. The molecule has 0 unspecified atom stereocenters. The largest absolute Gasteiger partial charge is 0.356 e. The first-order valence-electron chi connectivity index (χ1n) is 10.4. The maximum atomic E-state index is 12.8. The van der Waals surface area contributed by atoms with Crippen LogP contribution in [0.4, 0.5) is 11.4 Å². The number of hydrogen-bond donors (Lipinski definition) is 2. The third-order valence-electron chi connectivity index (χ3n) is 4.87. The van der Waals surface area contributed by atoms with Crippen molar-refractivity contribution in [1.29, 1.82) is 0 Å². The zero-order valence-corrected chi connectivity index (χ0v) is 17.7. The molecule has 0 saturated heterocycles.